The summed E-state index contributed by atoms with van der Waals surface area (Å²) in [4.78, 5) is 19.7. The SMILES string of the molecule is CNc1cnc(C(=O)NCCCCSC)cn1. The molecule has 0 saturated heterocycles. The number of aromatic nitrogens is 2. The molecule has 0 aliphatic rings. The molecule has 0 aliphatic carbocycles. The van der Waals surface area contributed by atoms with Gasteiger partial charge < -0.3 is 10.6 Å². The average Bonchev–Trinajstić information content (AvgIpc) is 2.38. The minimum atomic E-state index is -0.163. The third-order valence-corrected chi connectivity index (χ3v) is 2.90. The van der Waals surface area contributed by atoms with Crippen LogP contribution < -0.4 is 10.6 Å². The van der Waals surface area contributed by atoms with E-state index in [2.05, 4.69) is 26.9 Å². The van der Waals surface area contributed by atoms with Crippen molar-refractivity contribution in [3.63, 3.8) is 0 Å². The fourth-order valence-electron chi connectivity index (χ4n) is 1.24. The maximum atomic E-state index is 11.6. The summed E-state index contributed by atoms with van der Waals surface area (Å²) in [6.07, 6.45) is 7.21. The summed E-state index contributed by atoms with van der Waals surface area (Å²) in [5, 5.41) is 5.68. The van der Waals surface area contributed by atoms with Gasteiger partial charge in [-0.3, -0.25) is 4.79 Å². The van der Waals surface area contributed by atoms with E-state index < -0.39 is 0 Å². The molecule has 0 fully saturated rings. The zero-order valence-corrected chi connectivity index (χ0v) is 11.0. The van der Waals surface area contributed by atoms with Crippen LogP contribution in [0.3, 0.4) is 0 Å². The predicted octanol–water partition coefficient (Wildman–Crippen LogP) is 1.39. The van der Waals surface area contributed by atoms with Crippen molar-refractivity contribution in [1.82, 2.24) is 15.3 Å². The lowest BCUT2D eigenvalue weighted by Gasteiger charge is -2.04. The first kappa shape index (κ1) is 13.8. The van der Waals surface area contributed by atoms with Crippen LogP contribution in [0.25, 0.3) is 0 Å². The minimum absolute atomic E-state index is 0.163. The molecule has 0 unspecified atom stereocenters. The van der Waals surface area contributed by atoms with Crippen molar-refractivity contribution in [2.24, 2.45) is 0 Å². The Morgan fingerprint density at radius 2 is 2.18 bits per heavy atom. The van der Waals surface area contributed by atoms with Gasteiger partial charge in [-0.25, -0.2) is 9.97 Å². The lowest BCUT2D eigenvalue weighted by atomic mass is 10.3. The van der Waals surface area contributed by atoms with Crippen LogP contribution in [0.1, 0.15) is 23.3 Å². The molecule has 2 N–H and O–H groups in total. The molecule has 1 heterocycles. The Kier molecular flexibility index (Phi) is 6.39. The molecule has 1 aromatic rings. The molecular weight excluding hydrogens is 236 g/mol. The second kappa shape index (κ2) is 7.89. The first-order valence-electron chi connectivity index (χ1n) is 5.55. The number of carbonyl (C=O) groups is 1. The number of nitrogens with zero attached hydrogens (tertiary/aromatic N) is 2. The van der Waals surface area contributed by atoms with Crippen molar-refractivity contribution >= 4 is 23.5 Å². The first-order valence-corrected chi connectivity index (χ1v) is 6.94. The van der Waals surface area contributed by atoms with Crippen molar-refractivity contribution < 1.29 is 4.79 Å². The minimum Gasteiger partial charge on any atom is -0.372 e. The summed E-state index contributed by atoms with van der Waals surface area (Å²) in [5.41, 5.74) is 0.355. The summed E-state index contributed by atoms with van der Waals surface area (Å²) in [7, 11) is 1.76. The highest BCUT2D eigenvalue weighted by Gasteiger charge is 2.06. The van der Waals surface area contributed by atoms with Gasteiger partial charge in [-0.15, -0.1) is 0 Å². The van der Waals surface area contributed by atoms with E-state index in [0.29, 0.717) is 18.1 Å². The van der Waals surface area contributed by atoms with Crippen molar-refractivity contribution in [2.75, 3.05) is 30.9 Å². The standard InChI is InChI=1S/C11H18N4OS/c1-12-10-8-14-9(7-15-10)11(16)13-5-3-4-6-17-2/h7-8H,3-6H2,1-2H3,(H,12,15)(H,13,16). The van der Waals surface area contributed by atoms with E-state index in [0.717, 1.165) is 18.6 Å². The Bertz CT molecular complexity index is 342. The Morgan fingerprint density at radius 3 is 2.76 bits per heavy atom. The van der Waals surface area contributed by atoms with Gasteiger partial charge in [0.05, 0.1) is 12.4 Å². The number of amides is 1. The van der Waals surface area contributed by atoms with Crippen LogP contribution in [0.4, 0.5) is 5.82 Å². The molecule has 94 valence electrons. The van der Waals surface area contributed by atoms with Crippen LogP contribution in [0.15, 0.2) is 12.4 Å². The smallest absolute Gasteiger partial charge is 0.271 e. The number of unbranched alkanes of at least 4 members (excludes halogenated alkanes) is 1. The third-order valence-electron chi connectivity index (χ3n) is 2.20. The quantitative estimate of drug-likeness (QED) is 0.720. The molecule has 1 amide bonds. The topological polar surface area (TPSA) is 66.9 Å². The highest BCUT2D eigenvalue weighted by Crippen LogP contribution is 2.00. The molecule has 17 heavy (non-hydrogen) atoms. The number of rotatable bonds is 7. The van der Waals surface area contributed by atoms with Crippen LogP contribution in [0.5, 0.6) is 0 Å². The summed E-state index contributed by atoms with van der Waals surface area (Å²) in [5.74, 6) is 1.62. The molecule has 1 aromatic heterocycles. The number of hydrogen-bond acceptors (Lipinski definition) is 5. The zero-order chi connectivity index (χ0) is 12.5. The summed E-state index contributed by atoms with van der Waals surface area (Å²) < 4.78 is 0. The van der Waals surface area contributed by atoms with Gasteiger partial charge in [0.2, 0.25) is 0 Å². The van der Waals surface area contributed by atoms with Crippen LogP contribution in [-0.4, -0.2) is 41.5 Å². The van der Waals surface area contributed by atoms with E-state index >= 15 is 0 Å². The van der Waals surface area contributed by atoms with E-state index in [1.54, 1.807) is 13.2 Å². The number of carbonyl (C=O) groups excluding carboxylic acids is 1. The maximum absolute atomic E-state index is 11.6. The molecule has 0 radical (unpaired) electrons. The lowest BCUT2D eigenvalue weighted by molar-refractivity contribution is 0.0948. The highest BCUT2D eigenvalue weighted by atomic mass is 32.2. The molecule has 0 spiro atoms. The number of nitrogens with one attached hydrogen (secondary N) is 2. The number of hydrogen-bond donors (Lipinski definition) is 2. The van der Waals surface area contributed by atoms with E-state index in [-0.39, 0.29) is 5.91 Å². The Balaban J connectivity index is 2.31. The Hall–Kier alpha value is -1.30. The van der Waals surface area contributed by atoms with E-state index in [9.17, 15) is 4.79 Å². The average molecular weight is 254 g/mol. The molecule has 1 rings (SSSR count). The fraction of sp³-hybridized carbons (Fsp3) is 0.545. The lowest BCUT2D eigenvalue weighted by Crippen LogP contribution is -2.25. The molecule has 0 aliphatic heterocycles. The summed E-state index contributed by atoms with van der Waals surface area (Å²) in [6.45, 7) is 0.689. The molecule has 5 nitrogen and oxygen atoms in total. The van der Waals surface area contributed by atoms with Gasteiger partial charge in [-0.05, 0) is 24.9 Å². The molecule has 0 bridgehead atoms. The Morgan fingerprint density at radius 1 is 1.35 bits per heavy atom. The molecule has 0 atom stereocenters. The molecule has 6 heteroatoms. The molecular formula is C11H18N4OS. The van der Waals surface area contributed by atoms with E-state index in [1.165, 1.54) is 6.20 Å². The third kappa shape index (κ3) is 5.04. The van der Waals surface area contributed by atoms with Crippen LogP contribution in [0.2, 0.25) is 0 Å². The predicted molar refractivity (Wildman–Crippen MR) is 71.5 cm³/mol. The summed E-state index contributed by atoms with van der Waals surface area (Å²) in [6, 6.07) is 0. The second-order valence-electron chi connectivity index (χ2n) is 3.49. The number of anilines is 1. The second-order valence-corrected chi connectivity index (χ2v) is 4.48. The van der Waals surface area contributed by atoms with Crippen LogP contribution in [-0.2, 0) is 0 Å². The fourth-order valence-corrected chi connectivity index (χ4v) is 1.73. The van der Waals surface area contributed by atoms with Gasteiger partial charge >= 0.3 is 0 Å². The van der Waals surface area contributed by atoms with Crippen molar-refractivity contribution in [1.29, 1.82) is 0 Å². The maximum Gasteiger partial charge on any atom is 0.271 e. The van der Waals surface area contributed by atoms with Gasteiger partial charge in [0.1, 0.15) is 11.5 Å². The van der Waals surface area contributed by atoms with Gasteiger partial charge in [0.15, 0.2) is 0 Å². The van der Waals surface area contributed by atoms with Crippen molar-refractivity contribution in [2.45, 2.75) is 12.8 Å². The van der Waals surface area contributed by atoms with Crippen molar-refractivity contribution in [3.8, 4) is 0 Å². The molecule has 0 saturated carbocycles. The van der Waals surface area contributed by atoms with Gasteiger partial charge in [0.25, 0.3) is 5.91 Å². The van der Waals surface area contributed by atoms with Gasteiger partial charge in [-0.2, -0.15) is 11.8 Å². The first-order chi connectivity index (χ1) is 8.27. The van der Waals surface area contributed by atoms with Gasteiger partial charge in [0, 0.05) is 13.6 Å². The number of thioether (sulfide) groups is 1. The highest BCUT2D eigenvalue weighted by molar-refractivity contribution is 7.98. The van der Waals surface area contributed by atoms with E-state index in [4.69, 9.17) is 0 Å². The molecule has 0 aromatic carbocycles. The zero-order valence-electron chi connectivity index (χ0n) is 10.2. The normalized spacial score (nSPS) is 10.0. The largest absolute Gasteiger partial charge is 0.372 e. The van der Waals surface area contributed by atoms with E-state index in [1.807, 2.05) is 11.8 Å². The van der Waals surface area contributed by atoms with Crippen LogP contribution in [0, 0.1) is 0 Å². The summed E-state index contributed by atoms with van der Waals surface area (Å²) >= 11 is 1.82. The van der Waals surface area contributed by atoms with Crippen molar-refractivity contribution in [3.05, 3.63) is 18.1 Å². The Labute approximate surface area is 106 Å². The van der Waals surface area contributed by atoms with Crippen LogP contribution >= 0.6 is 11.8 Å². The van der Waals surface area contributed by atoms with Gasteiger partial charge in [-0.1, -0.05) is 0 Å². The monoisotopic (exact) mass is 254 g/mol.